The van der Waals surface area contributed by atoms with Gasteiger partial charge in [0.05, 0.1) is 12.5 Å². The lowest BCUT2D eigenvalue weighted by Crippen LogP contribution is -2.40. The molecule has 4 nitrogen and oxygen atoms in total. The van der Waals surface area contributed by atoms with E-state index in [0.29, 0.717) is 19.6 Å². The summed E-state index contributed by atoms with van der Waals surface area (Å²) in [5.41, 5.74) is 4.31. The van der Waals surface area contributed by atoms with Crippen LogP contribution in [0.25, 0.3) is 0 Å². The van der Waals surface area contributed by atoms with Crippen molar-refractivity contribution < 1.29 is 14.3 Å². The second-order valence-corrected chi connectivity index (χ2v) is 7.26. The number of carbonyl (C=O) groups is 2. The topological polar surface area (TPSA) is 46.6 Å². The average molecular weight is 385 g/mol. The summed E-state index contributed by atoms with van der Waals surface area (Å²) in [6, 6.07) is 25.7. The van der Waals surface area contributed by atoms with Crippen molar-refractivity contribution in [3.63, 3.8) is 0 Å². The molecule has 1 aliphatic carbocycles. The maximum atomic E-state index is 13.0. The van der Waals surface area contributed by atoms with Crippen molar-refractivity contribution in [2.45, 2.75) is 25.5 Å². The second kappa shape index (κ2) is 8.74. The molecule has 0 bridgehead atoms. The number of carbonyl (C=O) groups excluding carboxylic acids is 2. The average Bonchev–Trinajstić information content (AvgIpc) is 2.74. The Bertz CT molecular complexity index is 985. The predicted molar refractivity (Wildman–Crippen MR) is 112 cm³/mol. The van der Waals surface area contributed by atoms with Crippen molar-refractivity contribution in [1.29, 1.82) is 0 Å². The molecule has 146 valence electrons. The molecule has 29 heavy (non-hydrogen) atoms. The molecule has 0 saturated heterocycles. The van der Waals surface area contributed by atoms with E-state index in [9.17, 15) is 9.59 Å². The summed E-state index contributed by atoms with van der Waals surface area (Å²) in [5, 5.41) is 0. The first-order valence-electron chi connectivity index (χ1n) is 9.80. The molecule has 0 radical (unpaired) electrons. The highest BCUT2D eigenvalue weighted by Crippen LogP contribution is 2.39. The van der Waals surface area contributed by atoms with Crippen LogP contribution in [0.3, 0.4) is 0 Å². The van der Waals surface area contributed by atoms with E-state index in [1.807, 2.05) is 78.9 Å². The van der Waals surface area contributed by atoms with Crippen molar-refractivity contribution >= 4 is 12.2 Å². The van der Waals surface area contributed by atoms with Crippen molar-refractivity contribution in [1.82, 2.24) is 4.90 Å². The van der Waals surface area contributed by atoms with E-state index in [0.717, 1.165) is 34.3 Å². The van der Waals surface area contributed by atoms with Gasteiger partial charge < -0.3 is 14.4 Å². The largest absolute Gasteiger partial charge is 0.489 e. The lowest BCUT2D eigenvalue weighted by atomic mass is 9.76. The molecule has 0 fully saturated rings. The van der Waals surface area contributed by atoms with Gasteiger partial charge in [0, 0.05) is 6.54 Å². The van der Waals surface area contributed by atoms with E-state index in [-0.39, 0.29) is 18.4 Å². The van der Waals surface area contributed by atoms with E-state index in [4.69, 9.17) is 4.74 Å². The number of rotatable bonds is 8. The molecular formula is C25H23NO3. The monoisotopic (exact) mass is 385 g/mol. The minimum atomic E-state index is -0.183. The van der Waals surface area contributed by atoms with Gasteiger partial charge in [0.25, 0.3) is 0 Å². The fourth-order valence-electron chi connectivity index (χ4n) is 3.70. The summed E-state index contributed by atoms with van der Waals surface area (Å²) in [4.78, 5) is 25.8. The van der Waals surface area contributed by atoms with Crippen LogP contribution in [0.5, 0.6) is 5.75 Å². The van der Waals surface area contributed by atoms with E-state index in [1.54, 1.807) is 4.90 Å². The zero-order valence-corrected chi connectivity index (χ0v) is 16.2. The van der Waals surface area contributed by atoms with Crippen LogP contribution in [0.4, 0.5) is 0 Å². The van der Waals surface area contributed by atoms with Gasteiger partial charge in [-0.1, -0.05) is 66.7 Å². The van der Waals surface area contributed by atoms with Crippen LogP contribution < -0.4 is 4.74 Å². The van der Waals surface area contributed by atoms with Gasteiger partial charge in [0.15, 0.2) is 0 Å². The van der Waals surface area contributed by atoms with E-state index < -0.39 is 0 Å². The molecule has 0 aliphatic heterocycles. The molecule has 0 aromatic heterocycles. The zero-order valence-electron chi connectivity index (χ0n) is 16.2. The number of amides is 1. The fourth-order valence-corrected chi connectivity index (χ4v) is 3.70. The number of hydrogen-bond acceptors (Lipinski definition) is 3. The van der Waals surface area contributed by atoms with Crippen LogP contribution in [0.2, 0.25) is 0 Å². The third-order valence-corrected chi connectivity index (χ3v) is 5.28. The molecule has 3 aromatic carbocycles. The molecule has 1 aliphatic rings. The Morgan fingerprint density at radius 1 is 0.966 bits per heavy atom. The summed E-state index contributed by atoms with van der Waals surface area (Å²) in [7, 11) is 0. The van der Waals surface area contributed by atoms with Crippen LogP contribution in [-0.4, -0.2) is 23.6 Å². The summed E-state index contributed by atoms with van der Waals surface area (Å²) in [6.45, 7) is 1.08. The first-order valence-corrected chi connectivity index (χ1v) is 9.80. The summed E-state index contributed by atoms with van der Waals surface area (Å²) < 4.78 is 5.88. The maximum Gasteiger partial charge on any atom is 0.231 e. The van der Waals surface area contributed by atoms with Crippen LogP contribution >= 0.6 is 0 Å². The van der Waals surface area contributed by atoms with Crippen LogP contribution in [0, 0.1) is 0 Å². The van der Waals surface area contributed by atoms with Crippen LogP contribution in [-0.2, 0) is 29.2 Å². The lowest BCUT2D eigenvalue weighted by molar-refractivity contribution is -0.135. The van der Waals surface area contributed by atoms with Gasteiger partial charge in [-0.15, -0.1) is 0 Å². The van der Waals surface area contributed by atoms with Crippen molar-refractivity contribution in [2.24, 2.45) is 0 Å². The summed E-state index contributed by atoms with van der Waals surface area (Å²) >= 11 is 0. The Kier molecular flexibility index (Phi) is 5.71. The third kappa shape index (κ3) is 4.37. The third-order valence-electron chi connectivity index (χ3n) is 5.28. The minimum Gasteiger partial charge on any atom is -0.489 e. The zero-order chi connectivity index (χ0) is 20.1. The molecule has 0 spiro atoms. The highest BCUT2D eigenvalue weighted by molar-refractivity contribution is 5.88. The normalized spacial score (nSPS) is 14.4. The predicted octanol–water partition coefficient (Wildman–Crippen LogP) is 4.13. The first-order chi connectivity index (χ1) is 14.2. The molecule has 3 aromatic rings. The van der Waals surface area contributed by atoms with Gasteiger partial charge in [0.1, 0.15) is 18.6 Å². The highest BCUT2D eigenvalue weighted by Gasteiger charge is 2.35. The Morgan fingerprint density at radius 3 is 2.31 bits per heavy atom. The van der Waals surface area contributed by atoms with E-state index in [1.165, 1.54) is 0 Å². The standard InChI is InChI=1S/C25H23NO3/c27-14-13-26(17-19-7-3-1-4-8-19)25(28)24-16-21-15-22(11-12-23(21)24)29-18-20-9-5-2-6-10-20/h1-12,14-15,24H,13,16-18H2. The van der Waals surface area contributed by atoms with E-state index in [2.05, 4.69) is 0 Å². The molecule has 1 amide bonds. The number of aldehydes is 1. The van der Waals surface area contributed by atoms with Crippen molar-refractivity contribution in [3.8, 4) is 5.75 Å². The first kappa shape index (κ1) is 18.9. The number of ether oxygens (including phenoxy) is 1. The molecule has 0 heterocycles. The molecule has 4 rings (SSSR count). The molecule has 1 unspecified atom stereocenters. The summed E-state index contributed by atoms with van der Waals surface area (Å²) in [6.07, 6.45) is 1.47. The highest BCUT2D eigenvalue weighted by atomic mass is 16.5. The van der Waals surface area contributed by atoms with Crippen LogP contribution in [0.15, 0.2) is 78.9 Å². The van der Waals surface area contributed by atoms with Crippen molar-refractivity contribution in [3.05, 3.63) is 101 Å². The number of fused-ring (bicyclic) bond motifs is 1. The lowest BCUT2D eigenvalue weighted by Gasteiger charge is -2.33. The van der Waals surface area contributed by atoms with Gasteiger partial charge in [-0.3, -0.25) is 4.79 Å². The Morgan fingerprint density at radius 2 is 1.66 bits per heavy atom. The number of benzene rings is 3. The minimum absolute atomic E-state index is 0.00593. The Hall–Kier alpha value is -3.40. The smallest absolute Gasteiger partial charge is 0.231 e. The second-order valence-electron chi connectivity index (χ2n) is 7.26. The van der Waals surface area contributed by atoms with Gasteiger partial charge in [-0.25, -0.2) is 0 Å². The van der Waals surface area contributed by atoms with Gasteiger partial charge in [-0.05, 0) is 40.8 Å². The number of nitrogens with zero attached hydrogens (tertiary/aromatic N) is 1. The Labute approximate surface area is 170 Å². The van der Waals surface area contributed by atoms with Crippen molar-refractivity contribution in [2.75, 3.05) is 6.54 Å². The molecule has 0 N–H and O–H groups in total. The summed E-state index contributed by atoms with van der Waals surface area (Å²) in [5.74, 6) is 0.635. The van der Waals surface area contributed by atoms with Crippen LogP contribution in [0.1, 0.15) is 28.2 Å². The molecule has 4 heteroatoms. The quantitative estimate of drug-likeness (QED) is 0.548. The molecule has 0 saturated carbocycles. The van der Waals surface area contributed by atoms with E-state index >= 15 is 0 Å². The Balaban J connectivity index is 1.41. The fraction of sp³-hybridized carbons (Fsp3) is 0.200. The maximum absolute atomic E-state index is 13.0. The number of hydrogen-bond donors (Lipinski definition) is 0. The van der Waals surface area contributed by atoms with Gasteiger partial charge >= 0.3 is 0 Å². The molecule has 1 atom stereocenters. The molecular weight excluding hydrogens is 362 g/mol. The van der Waals surface area contributed by atoms with Gasteiger partial charge in [-0.2, -0.15) is 0 Å². The van der Waals surface area contributed by atoms with Gasteiger partial charge in [0.2, 0.25) is 5.91 Å². The SMILES string of the molecule is O=CCN(Cc1ccccc1)C(=O)C1Cc2cc(OCc3ccccc3)ccc21.